The average Bonchev–Trinajstić information content (AvgIpc) is 2.80. The molecule has 0 saturated carbocycles. The molecule has 0 amide bonds. The maximum atomic E-state index is 13.3. The zero-order valence-electron chi connectivity index (χ0n) is 18.4. The van der Waals surface area contributed by atoms with E-state index in [1.807, 2.05) is 0 Å². The molecule has 0 fully saturated rings. The molecule has 3 aromatic carbocycles. The van der Waals surface area contributed by atoms with Crippen LogP contribution in [0.25, 0.3) is 0 Å². The van der Waals surface area contributed by atoms with E-state index in [2.05, 4.69) is 0 Å². The SMILES string of the molecule is O=C(O)Cc1cccc(OCC(Oc2cccc(C(O)(C(F)(F)F)C(F)(F)F)c2)c2ccccc2)c1. The lowest BCUT2D eigenvalue weighted by Crippen LogP contribution is -2.53. The number of aliphatic hydroxyl groups is 1. The minimum absolute atomic E-state index is 0.215. The molecule has 0 aliphatic carbocycles. The fourth-order valence-corrected chi connectivity index (χ4v) is 3.40. The molecule has 0 heterocycles. The molecule has 3 aromatic rings. The van der Waals surface area contributed by atoms with Crippen LogP contribution in [0, 0.1) is 0 Å². The highest BCUT2D eigenvalue weighted by Gasteiger charge is 2.71. The smallest absolute Gasteiger partial charge is 0.430 e. The van der Waals surface area contributed by atoms with Crippen LogP contribution in [0.1, 0.15) is 22.8 Å². The Morgan fingerprint density at radius 3 is 2.03 bits per heavy atom. The van der Waals surface area contributed by atoms with Crippen molar-refractivity contribution in [3.63, 3.8) is 0 Å². The fraction of sp³-hybridized carbons (Fsp3) is 0.240. The first-order valence-corrected chi connectivity index (χ1v) is 10.4. The monoisotopic (exact) mass is 514 g/mol. The summed E-state index contributed by atoms with van der Waals surface area (Å²) in [5.74, 6) is -1.12. The number of aliphatic carboxylic acids is 1. The summed E-state index contributed by atoms with van der Waals surface area (Å²) >= 11 is 0. The Bertz CT molecular complexity index is 1160. The van der Waals surface area contributed by atoms with Crippen LogP contribution in [-0.2, 0) is 16.8 Å². The van der Waals surface area contributed by atoms with Gasteiger partial charge >= 0.3 is 18.3 Å². The van der Waals surface area contributed by atoms with Crippen LogP contribution in [0.4, 0.5) is 26.3 Å². The predicted octanol–water partition coefficient (Wildman–Crippen LogP) is 5.83. The summed E-state index contributed by atoms with van der Waals surface area (Å²) in [6.07, 6.45) is -13.3. The van der Waals surface area contributed by atoms with E-state index in [1.54, 1.807) is 48.5 Å². The van der Waals surface area contributed by atoms with Crippen molar-refractivity contribution in [2.24, 2.45) is 0 Å². The third kappa shape index (κ3) is 6.09. The summed E-state index contributed by atoms with van der Waals surface area (Å²) in [6, 6.07) is 17.5. The number of carboxylic acids is 1. The number of alkyl halides is 6. The molecule has 11 heteroatoms. The van der Waals surface area contributed by atoms with E-state index in [0.29, 0.717) is 23.3 Å². The Morgan fingerprint density at radius 1 is 0.806 bits per heavy atom. The summed E-state index contributed by atoms with van der Waals surface area (Å²) < 4.78 is 91.2. The van der Waals surface area contributed by atoms with Crippen molar-refractivity contribution in [3.05, 3.63) is 95.6 Å². The lowest BCUT2D eigenvalue weighted by Gasteiger charge is -2.33. The van der Waals surface area contributed by atoms with Gasteiger partial charge in [0, 0.05) is 5.56 Å². The summed E-state index contributed by atoms with van der Waals surface area (Å²) in [7, 11) is 0. The fourth-order valence-electron chi connectivity index (χ4n) is 3.40. The second-order valence-corrected chi connectivity index (χ2v) is 7.78. The lowest BCUT2D eigenvalue weighted by molar-refractivity contribution is -0.376. The van der Waals surface area contributed by atoms with Crippen LogP contribution in [0.3, 0.4) is 0 Å². The third-order valence-corrected chi connectivity index (χ3v) is 5.18. The molecule has 0 bridgehead atoms. The summed E-state index contributed by atoms with van der Waals surface area (Å²) in [4.78, 5) is 10.9. The molecule has 0 aliphatic heterocycles. The maximum absolute atomic E-state index is 13.3. The van der Waals surface area contributed by atoms with Crippen LogP contribution in [0.5, 0.6) is 11.5 Å². The molecule has 3 rings (SSSR count). The quantitative estimate of drug-likeness (QED) is 0.352. The molecule has 0 aromatic heterocycles. The lowest BCUT2D eigenvalue weighted by atomic mass is 9.92. The normalized spacial score (nSPS) is 13.2. The number of rotatable bonds is 9. The van der Waals surface area contributed by atoms with E-state index < -0.39 is 35.6 Å². The Balaban J connectivity index is 1.89. The molecule has 1 atom stereocenters. The first-order chi connectivity index (χ1) is 16.8. The molecule has 2 N–H and O–H groups in total. The number of hydrogen-bond acceptors (Lipinski definition) is 4. The maximum Gasteiger partial charge on any atom is 0.430 e. The topological polar surface area (TPSA) is 76.0 Å². The Labute approximate surface area is 201 Å². The Morgan fingerprint density at radius 2 is 1.42 bits per heavy atom. The van der Waals surface area contributed by atoms with E-state index in [0.717, 1.165) is 12.1 Å². The van der Waals surface area contributed by atoms with Crippen LogP contribution in [-0.4, -0.2) is 35.1 Å². The van der Waals surface area contributed by atoms with Gasteiger partial charge in [0.05, 0.1) is 6.42 Å². The zero-order valence-corrected chi connectivity index (χ0v) is 18.4. The predicted molar refractivity (Wildman–Crippen MR) is 116 cm³/mol. The first kappa shape index (κ1) is 26.9. The van der Waals surface area contributed by atoms with Gasteiger partial charge in [-0.15, -0.1) is 0 Å². The van der Waals surface area contributed by atoms with Crippen LogP contribution in [0.2, 0.25) is 0 Å². The van der Waals surface area contributed by atoms with Crippen molar-refractivity contribution in [1.29, 1.82) is 0 Å². The van der Waals surface area contributed by atoms with Gasteiger partial charge in [-0.25, -0.2) is 0 Å². The number of hydrogen-bond donors (Lipinski definition) is 2. The zero-order chi connectivity index (χ0) is 26.6. The molecule has 1 unspecified atom stereocenters. The molecule has 36 heavy (non-hydrogen) atoms. The number of carboxylic acid groups (broad SMARTS) is 1. The van der Waals surface area contributed by atoms with Crippen molar-refractivity contribution in [1.82, 2.24) is 0 Å². The van der Waals surface area contributed by atoms with Crippen LogP contribution in [0.15, 0.2) is 78.9 Å². The first-order valence-electron chi connectivity index (χ1n) is 10.4. The number of carbonyl (C=O) groups is 1. The van der Waals surface area contributed by atoms with Gasteiger partial charge in [-0.3, -0.25) is 4.79 Å². The number of halogens is 6. The van der Waals surface area contributed by atoms with Gasteiger partial charge in [-0.1, -0.05) is 54.6 Å². The van der Waals surface area contributed by atoms with Gasteiger partial charge in [-0.2, -0.15) is 26.3 Å². The van der Waals surface area contributed by atoms with Crippen molar-refractivity contribution in [3.8, 4) is 11.5 Å². The van der Waals surface area contributed by atoms with E-state index in [1.165, 1.54) is 6.07 Å². The molecule has 0 radical (unpaired) electrons. The second-order valence-electron chi connectivity index (χ2n) is 7.78. The largest absolute Gasteiger partial charge is 0.489 e. The summed E-state index contributed by atoms with van der Waals surface area (Å²) in [5.41, 5.74) is -5.58. The second kappa shape index (κ2) is 10.5. The molecule has 0 saturated heterocycles. The van der Waals surface area contributed by atoms with Crippen molar-refractivity contribution >= 4 is 5.97 Å². The molecule has 5 nitrogen and oxygen atoms in total. The van der Waals surface area contributed by atoms with E-state index in [9.17, 15) is 36.2 Å². The van der Waals surface area contributed by atoms with Gasteiger partial charge in [0.25, 0.3) is 5.60 Å². The molecule has 0 spiro atoms. The highest BCUT2D eigenvalue weighted by molar-refractivity contribution is 5.70. The standard InChI is InChI=1S/C25H20F6O5/c26-24(27,28)23(34,25(29,30)31)18-9-5-11-20(14-18)36-21(17-7-2-1-3-8-17)15-35-19-10-4-6-16(12-19)13-22(32)33/h1-12,14,21,34H,13,15H2,(H,32,33). The molecular weight excluding hydrogens is 494 g/mol. The average molecular weight is 514 g/mol. The summed E-state index contributed by atoms with van der Waals surface area (Å²) in [6.45, 7) is -0.215. The number of ether oxygens (including phenoxy) is 2. The van der Waals surface area contributed by atoms with Crippen molar-refractivity contribution in [2.75, 3.05) is 6.61 Å². The minimum Gasteiger partial charge on any atom is -0.489 e. The minimum atomic E-state index is -6.03. The summed E-state index contributed by atoms with van der Waals surface area (Å²) in [5, 5.41) is 18.6. The van der Waals surface area contributed by atoms with Gasteiger partial charge in [0.15, 0.2) is 6.10 Å². The van der Waals surface area contributed by atoms with E-state index in [4.69, 9.17) is 14.6 Å². The van der Waals surface area contributed by atoms with Gasteiger partial charge in [0.1, 0.15) is 18.1 Å². The van der Waals surface area contributed by atoms with Crippen molar-refractivity contribution in [2.45, 2.75) is 30.5 Å². The van der Waals surface area contributed by atoms with Crippen molar-refractivity contribution < 1.29 is 50.8 Å². The highest BCUT2D eigenvalue weighted by atomic mass is 19.4. The number of benzene rings is 3. The van der Waals surface area contributed by atoms with Gasteiger partial charge in [-0.05, 0) is 35.4 Å². The third-order valence-electron chi connectivity index (χ3n) is 5.18. The van der Waals surface area contributed by atoms with Crippen LogP contribution >= 0.6 is 0 Å². The van der Waals surface area contributed by atoms with Gasteiger partial charge < -0.3 is 19.7 Å². The van der Waals surface area contributed by atoms with Gasteiger partial charge in [0.2, 0.25) is 0 Å². The molecular formula is C25H20F6O5. The van der Waals surface area contributed by atoms with E-state index in [-0.39, 0.29) is 24.5 Å². The Kier molecular flexibility index (Phi) is 7.83. The Hall–Kier alpha value is -3.73. The van der Waals surface area contributed by atoms with Crippen LogP contribution < -0.4 is 9.47 Å². The molecule has 192 valence electrons. The van der Waals surface area contributed by atoms with E-state index >= 15 is 0 Å². The highest BCUT2D eigenvalue weighted by Crippen LogP contribution is 2.50. The molecule has 0 aliphatic rings.